The maximum Gasteiger partial charge on any atom is 0.268 e. The number of amides is 2. The fourth-order valence-electron chi connectivity index (χ4n) is 2.40. The molecule has 0 aromatic heterocycles. The van der Waals surface area contributed by atoms with E-state index in [1.165, 1.54) is 6.08 Å². The predicted molar refractivity (Wildman–Crippen MR) is 113 cm³/mol. The second-order valence-electron chi connectivity index (χ2n) is 6.58. The van der Waals surface area contributed by atoms with Crippen molar-refractivity contribution >= 4 is 51.4 Å². The number of rotatable bonds is 7. The molecule has 0 spiro atoms. The Labute approximate surface area is 182 Å². The number of hydrogen-bond acceptors (Lipinski definition) is 4. The fraction of sp³-hybridized carbons (Fsp3) is 0.190. The van der Waals surface area contributed by atoms with Crippen LogP contribution in [0.1, 0.15) is 29.8 Å². The molecular weight excluding hydrogens is 460 g/mol. The maximum atomic E-state index is 12.7. The Kier molecular flexibility index (Phi) is 7.99. The molecule has 1 atom stereocenters. The van der Waals surface area contributed by atoms with Crippen molar-refractivity contribution in [3.8, 4) is 0 Å². The lowest BCUT2D eigenvalue weighted by atomic mass is 10.0. The summed E-state index contributed by atoms with van der Waals surface area (Å²) in [6.45, 7) is 3.29. The van der Waals surface area contributed by atoms with Gasteiger partial charge in [0.15, 0.2) is 0 Å². The third-order valence-electron chi connectivity index (χ3n) is 3.99. The van der Waals surface area contributed by atoms with E-state index in [0.29, 0.717) is 16.1 Å². The molecule has 8 heteroatoms. The Morgan fingerprint density at radius 3 is 2.14 bits per heavy atom. The topological polar surface area (TPSA) is 98.3 Å². The van der Waals surface area contributed by atoms with E-state index in [9.17, 15) is 19.5 Å². The van der Waals surface area contributed by atoms with Crippen LogP contribution in [0.15, 0.2) is 58.7 Å². The summed E-state index contributed by atoms with van der Waals surface area (Å²) in [4.78, 5) is 36.6. The van der Waals surface area contributed by atoms with Crippen molar-refractivity contribution in [2.45, 2.75) is 19.9 Å². The Balaban J connectivity index is 2.33. The van der Waals surface area contributed by atoms with E-state index in [0.717, 1.165) is 4.47 Å². The van der Waals surface area contributed by atoms with Gasteiger partial charge in [0.25, 0.3) is 11.8 Å². The molecule has 0 saturated heterocycles. The van der Waals surface area contributed by atoms with Crippen LogP contribution in [0.3, 0.4) is 0 Å². The number of carbonyl (C=O) groups is 3. The van der Waals surface area contributed by atoms with Crippen molar-refractivity contribution in [2.75, 3.05) is 0 Å². The van der Waals surface area contributed by atoms with Gasteiger partial charge in [-0.3, -0.25) is 9.59 Å². The van der Waals surface area contributed by atoms with Crippen molar-refractivity contribution in [1.82, 2.24) is 10.6 Å². The van der Waals surface area contributed by atoms with E-state index in [1.807, 2.05) is 0 Å². The molecule has 0 bridgehead atoms. The van der Waals surface area contributed by atoms with Crippen molar-refractivity contribution in [2.24, 2.45) is 5.92 Å². The highest BCUT2D eigenvalue weighted by atomic mass is 79.9. The monoisotopic (exact) mass is 477 g/mol. The number of benzene rings is 2. The van der Waals surface area contributed by atoms with Crippen LogP contribution < -0.4 is 15.7 Å². The van der Waals surface area contributed by atoms with Crippen LogP contribution in [0, 0.1) is 5.92 Å². The summed E-state index contributed by atoms with van der Waals surface area (Å²) in [5, 5.41) is 16.8. The third kappa shape index (κ3) is 6.73. The molecule has 2 aromatic carbocycles. The number of carbonyl (C=O) groups excluding carboxylic acids is 3. The normalized spacial score (nSPS) is 12.4. The molecule has 0 aliphatic carbocycles. The summed E-state index contributed by atoms with van der Waals surface area (Å²) in [5.74, 6) is -3.06. The molecule has 0 fully saturated rings. The highest BCUT2D eigenvalue weighted by Gasteiger charge is 2.21. The highest BCUT2D eigenvalue weighted by molar-refractivity contribution is 9.10. The summed E-state index contributed by atoms with van der Waals surface area (Å²) in [7, 11) is 0. The number of carboxylic acids is 1. The molecule has 0 aliphatic heterocycles. The minimum Gasteiger partial charge on any atom is -0.548 e. The van der Waals surface area contributed by atoms with Crippen LogP contribution in [0.4, 0.5) is 0 Å². The standard InChI is InChI=1S/C21H20BrClN2O4/c1-12(2)18(21(28)29)25-20(27)17(11-13-3-9-16(23)10-4-13)24-19(26)14-5-7-15(22)8-6-14/h3-12,18H,1-2H3,(H,24,26)(H,25,27)(H,28,29)/p-1/b17-11-/t18-/m0/s1. The van der Waals surface area contributed by atoms with Gasteiger partial charge in [-0.1, -0.05) is 53.5 Å². The second kappa shape index (κ2) is 10.2. The van der Waals surface area contributed by atoms with Crippen LogP contribution in [-0.4, -0.2) is 23.8 Å². The van der Waals surface area contributed by atoms with Crippen molar-refractivity contribution in [3.63, 3.8) is 0 Å². The van der Waals surface area contributed by atoms with Gasteiger partial charge in [0, 0.05) is 15.1 Å². The molecule has 29 heavy (non-hydrogen) atoms. The quantitative estimate of drug-likeness (QED) is 0.598. The lowest BCUT2D eigenvalue weighted by Crippen LogP contribution is -2.52. The average molecular weight is 479 g/mol. The molecule has 6 nitrogen and oxygen atoms in total. The van der Waals surface area contributed by atoms with Gasteiger partial charge in [-0.05, 0) is 54.0 Å². The summed E-state index contributed by atoms with van der Waals surface area (Å²) in [6.07, 6.45) is 1.44. The Hall–Kier alpha value is -2.64. The zero-order valence-electron chi connectivity index (χ0n) is 15.7. The van der Waals surface area contributed by atoms with Crippen molar-refractivity contribution < 1.29 is 19.5 Å². The first-order valence-electron chi connectivity index (χ1n) is 8.73. The molecule has 0 heterocycles. The Bertz CT molecular complexity index is 925. The molecule has 0 saturated carbocycles. The van der Waals surface area contributed by atoms with Gasteiger partial charge >= 0.3 is 0 Å². The average Bonchev–Trinajstić information content (AvgIpc) is 2.67. The third-order valence-corrected chi connectivity index (χ3v) is 4.77. The van der Waals surface area contributed by atoms with Crippen molar-refractivity contribution in [1.29, 1.82) is 0 Å². The van der Waals surface area contributed by atoms with E-state index in [4.69, 9.17) is 11.6 Å². The van der Waals surface area contributed by atoms with Gasteiger partial charge < -0.3 is 20.5 Å². The number of nitrogens with one attached hydrogen (secondary N) is 2. The van der Waals surface area contributed by atoms with Gasteiger partial charge in [-0.15, -0.1) is 0 Å². The van der Waals surface area contributed by atoms with Gasteiger partial charge in [0.1, 0.15) is 5.70 Å². The second-order valence-corrected chi connectivity index (χ2v) is 7.94. The predicted octanol–water partition coefficient (Wildman–Crippen LogP) is 2.76. The number of hydrogen-bond donors (Lipinski definition) is 2. The van der Waals surface area contributed by atoms with E-state index in [-0.39, 0.29) is 5.70 Å². The van der Waals surface area contributed by atoms with Gasteiger partial charge in [-0.2, -0.15) is 0 Å². The Morgan fingerprint density at radius 2 is 1.62 bits per heavy atom. The van der Waals surface area contributed by atoms with Crippen molar-refractivity contribution in [3.05, 3.63) is 74.9 Å². The SMILES string of the molecule is CC(C)[C@H](NC(=O)/C(=C/c1ccc(Cl)cc1)NC(=O)c1ccc(Br)cc1)C(=O)[O-]. The molecule has 2 amide bonds. The molecule has 2 rings (SSSR count). The summed E-state index contributed by atoms with van der Waals surface area (Å²) < 4.78 is 0.803. The smallest absolute Gasteiger partial charge is 0.268 e. The van der Waals surface area contributed by atoms with Gasteiger partial charge in [0.05, 0.1) is 12.0 Å². The lowest BCUT2D eigenvalue weighted by molar-refractivity contribution is -0.309. The zero-order valence-corrected chi connectivity index (χ0v) is 18.1. The van der Waals surface area contributed by atoms with Crippen LogP contribution in [-0.2, 0) is 9.59 Å². The van der Waals surface area contributed by atoms with Crippen LogP contribution >= 0.6 is 27.5 Å². The number of aliphatic carboxylic acids is 1. The van der Waals surface area contributed by atoms with Crippen LogP contribution in [0.2, 0.25) is 5.02 Å². The lowest BCUT2D eigenvalue weighted by Gasteiger charge is -2.24. The summed E-state index contributed by atoms with van der Waals surface area (Å²) in [6, 6.07) is 12.0. The maximum absolute atomic E-state index is 12.7. The molecule has 0 aliphatic rings. The van der Waals surface area contributed by atoms with Crippen LogP contribution in [0.25, 0.3) is 6.08 Å². The summed E-state index contributed by atoms with van der Waals surface area (Å²) in [5.41, 5.74) is 0.834. The first-order valence-corrected chi connectivity index (χ1v) is 9.90. The largest absolute Gasteiger partial charge is 0.548 e. The molecular formula is C21H19BrClN2O4-. The van der Waals surface area contributed by atoms with E-state index < -0.39 is 29.7 Å². The molecule has 152 valence electrons. The number of carboxylic acid groups (broad SMARTS) is 1. The van der Waals surface area contributed by atoms with E-state index in [2.05, 4.69) is 26.6 Å². The van der Waals surface area contributed by atoms with E-state index >= 15 is 0 Å². The Morgan fingerprint density at radius 1 is 1.03 bits per heavy atom. The first kappa shape index (κ1) is 22.6. The van der Waals surface area contributed by atoms with Gasteiger partial charge in [0.2, 0.25) is 0 Å². The first-order chi connectivity index (χ1) is 13.7. The molecule has 0 unspecified atom stereocenters. The van der Waals surface area contributed by atoms with Crippen LogP contribution in [0.5, 0.6) is 0 Å². The summed E-state index contributed by atoms with van der Waals surface area (Å²) >= 11 is 9.17. The van der Waals surface area contributed by atoms with E-state index in [1.54, 1.807) is 62.4 Å². The zero-order chi connectivity index (χ0) is 21.6. The minimum absolute atomic E-state index is 0.104. The fourth-order valence-corrected chi connectivity index (χ4v) is 2.79. The van der Waals surface area contributed by atoms with Gasteiger partial charge in [-0.25, -0.2) is 0 Å². The molecule has 2 aromatic rings. The highest BCUT2D eigenvalue weighted by Crippen LogP contribution is 2.14. The molecule has 0 radical (unpaired) electrons. The molecule has 2 N–H and O–H groups in total. The minimum atomic E-state index is -1.40. The number of halogens is 2.